The summed E-state index contributed by atoms with van der Waals surface area (Å²) < 4.78 is 0. The minimum absolute atomic E-state index is 0. The fraction of sp³-hybridized carbons (Fsp3) is 1.00. The summed E-state index contributed by atoms with van der Waals surface area (Å²) in [6.45, 7) is 5.50. The second-order valence-corrected chi connectivity index (χ2v) is 12.3. The number of hydrogen-bond acceptors (Lipinski definition) is 0. The Hall–Kier alpha value is 0. The van der Waals surface area contributed by atoms with E-state index in [1.54, 1.807) is 77.0 Å². The van der Waals surface area contributed by atoms with E-state index < -0.39 is 0 Å². The van der Waals surface area contributed by atoms with Crippen LogP contribution in [0.2, 0.25) is 0 Å². The lowest BCUT2D eigenvalue weighted by Gasteiger charge is -2.60. The fourth-order valence-electron chi connectivity index (χ4n) is 9.48. The molecule has 7 unspecified atom stereocenters. The van der Waals surface area contributed by atoms with Crippen molar-refractivity contribution in [3.63, 3.8) is 0 Å². The Balaban J connectivity index is 0.00000192. The molecule has 0 heterocycles. The summed E-state index contributed by atoms with van der Waals surface area (Å²) in [6, 6.07) is 0. The molecule has 5 saturated carbocycles. The van der Waals surface area contributed by atoms with Crippen LogP contribution in [0.15, 0.2) is 0 Å². The summed E-state index contributed by atoms with van der Waals surface area (Å²) in [5, 5.41) is 0. The highest BCUT2D eigenvalue weighted by molar-refractivity contribution is 5.08. The Labute approximate surface area is 171 Å². The van der Waals surface area contributed by atoms with Crippen molar-refractivity contribution in [2.24, 2.45) is 46.3 Å². The summed E-state index contributed by atoms with van der Waals surface area (Å²) in [5.41, 5.74) is 1.44. The third kappa shape index (κ3) is 3.15. The predicted octanol–water partition coefficient (Wildman–Crippen LogP) is 8.64. The van der Waals surface area contributed by atoms with Gasteiger partial charge in [-0.25, -0.2) is 0 Å². The van der Waals surface area contributed by atoms with Gasteiger partial charge in [0.05, 0.1) is 0 Å². The van der Waals surface area contributed by atoms with Gasteiger partial charge in [0.1, 0.15) is 0 Å². The van der Waals surface area contributed by atoms with Crippen LogP contribution in [0.25, 0.3) is 0 Å². The molecule has 5 rings (SSSR count). The first-order valence-corrected chi connectivity index (χ1v) is 13.1. The standard InChI is InChI=1S/C27H46.H2/c1-26-18-6-5-12-21(26)13-15-23-24-16-14-22(27(24,2)19-17-25(23)26)11-4-3-8-20-9-7-10-20;/h20-25H,3-19H2,1-2H3;1H. The summed E-state index contributed by atoms with van der Waals surface area (Å²) in [4.78, 5) is 0. The van der Waals surface area contributed by atoms with Crippen LogP contribution in [-0.4, -0.2) is 0 Å². The summed E-state index contributed by atoms with van der Waals surface area (Å²) in [7, 11) is 0. The molecule has 0 heteroatoms. The molecule has 0 aromatic carbocycles. The molecule has 7 atom stereocenters. The summed E-state index contributed by atoms with van der Waals surface area (Å²) >= 11 is 0. The molecule has 0 bridgehead atoms. The van der Waals surface area contributed by atoms with Gasteiger partial charge in [-0.1, -0.05) is 65.2 Å². The highest BCUT2D eigenvalue weighted by Gasteiger charge is 2.59. The van der Waals surface area contributed by atoms with E-state index in [9.17, 15) is 0 Å². The third-order valence-corrected chi connectivity index (χ3v) is 11.4. The van der Waals surface area contributed by atoms with E-state index in [-0.39, 0.29) is 1.43 Å². The molecule has 0 amide bonds. The quantitative estimate of drug-likeness (QED) is 0.423. The lowest BCUT2D eigenvalue weighted by atomic mass is 9.45. The van der Waals surface area contributed by atoms with Gasteiger partial charge in [-0.2, -0.15) is 0 Å². The Bertz CT molecular complexity index is 524. The van der Waals surface area contributed by atoms with Crippen molar-refractivity contribution in [2.45, 2.75) is 123 Å². The molecule has 0 aromatic rings. The van der Waals surface area contributed by atoms with Gasteiger partial charge in [0.25, 0.3) is 0 Å². The fourth-order valence-corrected chi connectivity index (χ4v) is 9.48. The van der Waals surface area contributed by atoms with E-state index in [2.05, 4.69) is 13.8 Å². The minimum atomic E-state index is 0. The molecular weight excluding hydrogens is 324 g/mol. The van der Waals surface area contributed by atoms with E-state index >= 15 is 0 Å². The van der Waals surface area contributed by atoms with Crippen molar-refractivity contribution >= 4 is 0 Å². The van der Waals surface area contributed by atoms with E-state index in [4.69, 9.17) is 0 Å². The molecule has 0 nitrogen and oxygen atoms in total. The second-order valence-electron chi connectivity index (χ2n) is 12.3. The van der Waals surface area contributed by atoms with Crippen molar-refractivity contribution in [2.75, 3.05) is 0 Å². The van der Waals surface area contributed by atoms with Crippen LogP contribution in [0.3, 0.4) is 0 Å². The van der Waals surface area contributed by atoms with Crippen LogP contribution in [-0.2, 0) is 0 Å². The van der Waals surface area contributed by atoms with Crippen molar-refractivity contribution in [3.05, 3.63) is 0 Å². The molecule has 0 radical (unpaired) electrons. The monoisotopic (exact) mass is 372 g/mol. The van der Waals surface area contributed by atoms with E-state index in [1.165, 1.54) is 32.1 Å². The maximum absolute atomic E-state index is 2.76. The third-order valence-electron chi connectivity index (χ3n) is 11.4. The predicted molar refractivity (Wildman–Crippen MR) is 118 cm³/mol. The Morgan fingerprint density at radius 3 is 2.30 bits per heavy atom. The average Bonchev–Trinajstić information content (AvgIpc) is 2.96. The normalized spacial score (nSPS) is 49.8. The smallest absolute Gasteiger partial charge is 0 e. The Morgan fingerprint density at radius 1 is 0.667 bits per heavy atom. The number of unbranched alkanes of at least 4 members (excludes halogenated alkanes) is 1. The second kappa shape index (κ2) is 7.36. The van der Waals surface area contributed by atoms with Crippen LogP contribution in [0.5, 0.6) is 0 Å². The maximum atomic E-state index is 2.76. The molecule has 156 valence electrons. The molecule has 0 N–H and O–H groups in total. The van der Waals surface area contributed by atoms with Crippen molar-refractivity contribution in [3.8, 4) is 0 Å². The first-order chi connectivity index (χ1) is 13.1. The minimum Gasteiger partial charge on any atom is -0.0591 e. The highest BCUT2D eigenvalue weighted by Crippen LogP contribution is 2.67. The Kier molecular flexibility index (Phi) is 5.17. The van der Waals surface area contributed by atoms with Crippen LogP contribution < -0.4 is 0 Å². The van der Waals surface area contributed by atoms with Gasteiger partial charge in [0.15, 0.2) is 0 Å². The van der Waals surface area contributed by atoms with Gasteiger partial charge in [-0.05, 0) is 104 Å². The molecular formula is C27H48. The van der Waals surface area contributed by atoms with Gasteiger partial charge >= 0.3 is 0 Å². The number of hydrogen-bond donors (Lipinski definition) is 0. The summed E-state index contributed by atoms with van der Waals surface area (Å²) in [5.74, 6) is 6.56. The van der Waals surface area contributed by atoms with Gasteiger partial charge < -0.3 is 0 Å². The van der Waals surface area contributed by atoms with Gasteiger partial charge in [-0.15, -0.1) is 0 Å². The SMILES string of the molecule is CC12CCCCC1CCC1C2CCC2(C)C(CCCCC3CCC3)CCC12.[HH]. The first-order valence-electron chi connectivity index (χ1n) is 13.1. The van der Waals surface area contributed by atoms with Gasteiger partial charge in [-0.3, -0.25) is 0 Å². The lowest BCUT2D eigenvalue weighted by molar-refractivity contribution is -0.111. The molecule has 27 heavy (non-hydrogen) atoms. The van der Waals surface area contributed by atoms with Crippen LogP contribution in [0.4, 0.5) is 0 Å². The lowest BCUT2D eigenvalue weighted by Crippen LogP contribution is -2.52. The topological polar surface area (TPSA) is 0 Å². The highest BCUT2D eigenvalue weighted by atomic mass is 14.6. The van der Waals surface area contributed by atoms with Crippen LogP contribution in [0, 0.1) is 46.3 Å². The van der Waals surface area contributed by atoms with Crippen molar-refractivity contribution < 1.29 is 1.43 Å². The Morgan fingerprint density at radius 2 is 1.48 bits per heavy atom. The zero-order valence-electron chi connectivity index (χ0n) is 18.5. The van der Waals surface area contributed by atoms with E-state index in [0.717, 1.165) is 46.3 Å². The molecule has 5 aliphatic rings. The summed E-state index contributed by atoms with van der Waals surface area (Å²) in [6.07, 6.45) is 26.5. The van der Waals surface area contributed by atoms with Gasteiger partial charge in [0, 0.05) is 1.43 Å². The molecule has 0 aliphatic heterocycles. The molecule has 0 aromatic heterocycles. The number of rotatable bonds is 5. The van der Waals surface area contributed by atoms with Crippen LogP contribution in [0.1, 0.15) is 124 Å². The maximum Gasteiger partial charge on any atom is 0 e. The van der Waals surface area contributed by atoms with Crippen molar-refractivity contribution in [1.82, 2.24) is 0 Å². The zero-order chi connectivity index (χ0) is 18.5. The van der Waals surface area contributed by atoms with Crippen LogP contribution >= 0.6 is 0 Å². The molecule has 5 aliphatic carbocycles. The first kappa shape index (κ1) is 19.0. The molecule has 0 spiro atoms. The van der Waals surface area contributed by atoms with E-state index in [0.29, 0.717) is 0 Å². The average molecular weight is 373 g/mol. The van der Waals surface area contributed by atoms with E-state index in [1.807, 2.05) is 0 Å². The molecule has 0 saturated heterocycles. The zero-order valence-corrected chi connectivity index (χ0v) is 18.5. The van der Waals surface area contributed by atoms with Gasteiger partial charge in [0.2, 0.25) is 0 Å². The molecule has 5 fully saturated rings. The number of fused-ring (bicyclic) bond motifs is 5. The van der Waals surface area contributed by atoms with Crippen molar-refractivity contribution in [1.29, 1.82) is 0 Å². The largest absolute Gasteiger partial charge is 0.0591 e.